The van der Waals surface area contributed by atoms with Crippen molar-refractivity contribution in [1.82, 2.24) is 4.31 Å². The van der Waals surface area contributed by atoms with E-state index in [4.69, 9.17) is 5.73 Å². The van der Waals surface area contributed by atoms with Gasteiger partial charge in [-0.15, -0.1) is 12.4 Å². The second kappa shape index (κ2) is 6.95. The number of sulfonamides is 1. The van der Waals surface area contributed by atoms with E-state index in [1.165, 1.54) is 7.05 Å². The molecule has 122 valence electrons. The third-order valence-corrected chi connectivity index (χ3v) is 4.69. The summed E-state index contributed by atoms with van der Waals surface area (Å²) in [6, 6.07) is 0.662. The maximum Gasteiger partial charge on any atom is 0.248 e. The van der Waals surface area contributed by atoms with Gasteiger partial charge in [0.15, 0.2) is 4.90 Å². The first-order valence-corrected chi connectivity index (χ1v) is 7.26. The Morgan fingerprint density at radius 1 is 1.19 bits per heavy atom. The van der Waals surface area contributed by atoms with Crippen molar-refractivity contribution in [3.8, 4) is 0 Å². The molecule has 1 aromatic rings. The standard InChI is InChI=1S/C12H17F3N2O2S.ClH/c1-12(2,6-16)7-17(3)20(18,19)11-9(14)4-8(13)5-10(11)15;/h4-5H,6-7,16H2,1-3H3;1H. The number of nitrogens with two attached hydrogens (primary N) is 1. The molecule has 0 aliphatic rings. The van der Waals surface area contributed by atoms with Crippen molar-refractivity contribution in [3.05, 3.63) is 29.6 Å². The minimum atomic E-state index is -4.40. The Labute approximate surface area is 128 Å². The number of hydrogen-bond donors (Lipinski definition) is 1. The van der Waals surface area contributed by atoms with E-state index in [0.29, 0.717) is 12.1 Å². The highest BCUT2D eigenvalue weighted by atomic mass is 35.5. The highest BCUT2D eigenvalue weighted by Crippen LogP contribution is 2.25. The Kier molecular flexibility index (Phi) is 6.68. The molecule has 1 aromatic carbocycles. The number of hydrogen-bond acceptors (Lipinski definition) is 3. The number of nitrogens with zero attached hydrogens (tertiary/aromatic N) is 1. The molecule has 0 amide bonds. The second-order valence-electron chi connectivity index (χ2n) is 5.33. The monoisotopic (exact) mass is 346 g/mol. The van der Waals surface area contributed by atoms with Gasteiger partial charge in [0, 0.05) is 25.7 Å². The lowest BCUT2D eigenvalue weighted by molar-refractivity contribution is 0.290. The minimum absolute atomic E-state index is 0. The molecule has 0 saturated heterocycles. The molecular weight excluding hydrogens is 329 g/mol. The van der Waals surface area contributed by atoms with Crippen LogP contribution in [0.2, 0.25) is 0 Å². The van der Waals surface area contributed by atoms with Crippen LogP contribution in [0, 0.1) is 22.9 Å². The Hall–Kier alpha value is -0.830. The summed E-state index contributed by atoms with van der Waals surface area (Å²) < 4.78 is 65.1. The highest BCUT2D eigenvalue weighted by molar-refractivity contribution is 7.89. The van der Waals surface area contributed by atoms with Gasteiger partial charge in [-0.1, -0.05) is 13.8 Å². The summed E-state index contributed by atoms with van der Waals surface area (Å²) in [5.41, 5.74) is 4.94. The van der Waals surface area contributed by atoms with Crippen LogP contribution in [0.4, 0.5) is 13.2 Å². The van der Waals surface area contributed by atoms with Crippen LogP contribution in [-0.2, 0) is 10.0 Å². The number of halogens is 4. The van der Waals surface area contributed by atoms with Crippen molar-refractivity contribution in [1.29, 1.82) is 0 Å². The summed E-state index contributed by atoms with van der Waals surface area (Å²) in [6.07, 6.45) is 0. The van der Waals surface area contributed by atoms with E-state index in [2.05, 4.69) is 0 Å². The van der Waals surface area contributed by atoms with Gasteiger partial charge in [-0.25, -0.2) is 25.9 Å². The molecule has 0 unspecified atom stereocenters. The topological polar surface area (TPSA) is 63.4 Å². The van der Waals surface area contributed by atoms with E-state index in [-0.39, 0.29) is 25.5 Å². The lowest BCUT2D eigenvalue weighted by atomic mass is 9.94. The maximum atomic E-state index is 13.6. The molecule has 21 heavy (non-hydrogen) atoms. The molecule has 2 N–H and O–H groups in total. The van der Waals surface area contributed by atoms with Crippen LogP contribution in [0.3, 0.4) is 0 Å². The molecule has 0 aromatic heterocycles. The van der Waals surface area contributed by atoms with Crippen LogP contribution < -0.4 is 5.73 Å². The van der Waals surface area contributed by atoms with Crippen LogP contribution in [0.5, 0.6) is 0 Å². The van der Waals surface area contributed by atoms with Gasteiger partial charge in [-0.2, -0.15) is 0 Å². The first kappa shape index (κ1) is 20.2. The molecule has 1 rings (SSSR count). The van der Waals surface area contributed by atoms with Gasteiger partial charge < -0.3 is 5.73 Å². The zero-order chi connectivity index (χ0) is 15.7. The largest absolute Gasteiger partial charge is 0.330 e. The SMILES string of the molecule is CN(CC(C)(C)CN)S(=O)(=O)c1c(F)cc(F)cc1F.Cl. The van der Waals surface area contributed by atoms with Gasteiger partial charge in [-0.3, -0.25) is 0 Å². The van der Waals surface area contributed by atoms with E-state index < -0.39 is 37.8 Å². The highest BCUT2D eigenvalue weighted by Gasteiger charge is 2.32. The molecular formula is C12H18ClF3N2O2S. The van der Waals surface area contributed by atoms with Crippen LogP contribution >= 0.6 is 12.4 Å². The van der Waals surface area contributed by atoms with E-state index in [0.717, 1.165) is 4.31 Å². The van der Waals surface area contributed by atoms with Crippen LogP contribution in [-0.4, -0.2) is 32.9 Å². The van der Waals surface area contributed by atoms with Crippen LogP contribution in [0.25, 0.3) is 0 Å². The van der Waals surface area contributed by atoms with E-state index in [1.807, 2.05) is 0 Å². The Morgan fingerprint density at radius 2 is 1.62 bits per heavy atom. The third kappa shape index (κ3) is 4.57. The fourth-order valence-electron chi connectivity index (χ4n) is 1.68. The summed E-state index contributed by atoms with van der Waals surface area (Å²) in [4.78, 5) is -1.16. The second-order valence-corrected chi connectivity index (χ2v) is 7.31. The lowest BCUT2D eigenvalue weighted by Crippen LogP contribution is -2.40. The van der Waals surface area contributed by atoms with Crippen LogP contribution in [0.1, 0.15) is 13.8 Å². The molecule has 0 saturated carbocycles. The van der Waals surface area contributed by atoms with Gasteiger partial charge in [-0.05, 0) is 12.0 Å². The summed E-state index contributed by atoms with van der Waals surface area (Å²) in [7, 11) is -3.21. The normalized spacial score (nSPS) is 12.4. The van der Waals surface area contributed by atoms with Gasteiger partial charge >= 0.3 is 0 Å². The van der Waals surface area contributed by atoms with Gasteiger partial charge in [0.1, 0.15) is 17.5 Å². The molecule has 0 bridgehead atoms. The third-order valence-electron chi connectivity index (χ3n) is 2.83. The molecule has 9 heteroatoms. The summed E-state index contributed by atoms with van der Waals surface area (Å²) in [5.74, 6) is -4.09. The molecule has 0 heterocycles. The molecule has 0 spiro atoms. The van der Waals surface area contributed by atoms with Gasteiger partial charge in [0.05, 0.1) is 0 Å². The van der Waals surface area contributed by atoms with Crippen molar-refractivity contribution in [2.24, 2.45) is 11.1 Å². The summed E-state index contributed by atoms with van der Waals surface area (Å²) in [6.45, 7) is 3.61. The first-order valence-electron chi connectivity index (χ1n) is 5.82. The Balaban J connectivity index is 0.00000400. The van der Waals surface area contributed by atoms with Gasteiger partial charge in [0.2, 0.25) is 10.0 Å². The van der Waals surface area contributed by atoms with Gasteiger partial charge in [0.25, 0.3) is 0 Å². The summed E-state index contributed by atoms with van der Waals surface area (Å²) >= 11 is 0. The molecule has 0 aliphatic heterocycles. The number of benzene rings is 1. The molecule has 0 fully saturated rings. The average Bonchev–Trinajstić information content (AvgIpc) is 2.26. The van der Waals surface area contributed by atoms with E-state index >= 15 is 0 Å². The molecule has 0 atom stereocenters. The van der Waals surface area contributed by atoms with Crippen molar-refractivity contribution in [3.63, 3.8) is 0 Å². The predicted octanol–water partition coefficient (Wildman–Crippen LogP) is 2.13. The lowest BCUT2D eigenvalue weighted by Gasteiger charge is -2.28. The molecule has 4 nitrogen and oxygen atoms in total. The fourth-order valence-corrected chi connectivity index (χ4v) is 3.13. The Morgan fingerprint density at radius 3 is 2.00 bits per heavy atom. The first-order chi connectivity index (χ1) is 9.01. The number of rotatable bonds is 5. The summed E-state index contributed by atoms with van der Waals surface area (Å²) in [5, 5.41) is 0. The average molecular weight is 347 g/mol. The van der Waals surface area contributed by atoms with E-state index in [1.54, 1.807) is 13.8 Å². The zero-order valence-corrected chi connectivity index (χ0v) is 13.5. The Bertz CT molecular complexity index is 586. The quantitative estimate of drug-likeness (QED) is 0.888. The van der Waals surface area contributed by atoms with Crippen molar-refractivity contribution in [2.75, 3.05) is 20.1 Å². The molecule has 0 aliphatic carbocycles. The van der Waals surface area contributed by atoms with Crippen LogP contribution in [0.15, 0.2) is 17.0 Å². The fraction of sp³-hybridized carbons (Fsp3) is 0.500. The van der Waals surface area contributed by atoms with Crippen molar-refractivity contribution >= 4 is 22.4 Å². The van der Waals surface area contributed by atoms with Crippen molar-refractivity contribution < 1.29 is 21.6 Å². The zero-order valence-electron chi connectivity index (χ0n) is 11.9. The minimum Gasteiger partial charge on any atom is -0.330 e. The van der Waals surface area contributed by atoms with E-state index in [9.17, 15) is 21.6 Å². The predicted molar refractivity (Wildman–Crippen MR) is 76.2 cm³/mol. The van der Waals surface area contributed by atoms with Crippen molar-refractivity contribution in [2.45, 2.75) is 18.7 Å². The molecule has 0 radical (unpaired) electrons. The smallest absolute Gasteiger partial charge is 0.248 e. The maximum absolute atomic E-state index is 13.6.